The lowest BCUT2D eigenvalue weighted by atomic mass is 9.80. The molecule has 2 N–H and O–H groups in total. The number of nitrogens with zero attached hydrogens (tertiary/aromatic N) is 2. The Labute approximate surface area is 120 Å². The van der Waals surface area contributed by atoms with E-state index in [1.807, 2.05) is 12.1 Å². The summed E-state index contributed by atoms with van der Waals surface area (Å²) in [4.78, 5) is 18.7. The molecule has 0 aromatic carbocycles. The number of nitrogens with one attached hydrogen (secondary N) is 2. The van der Waals surface area contributed by atoms with Gasteiger partial charge in [-0.25, -0.2) is 4.98 Å². The fraction of sp³-hybridized carbons (Fsp3) is 0.600. The van der Waals surface area contributed by atoms with E-state index in [0.29, 0.717) is 18.1 Å². The maximum absolute atomic E-state index is 12.2. The number of anilines is 1. The van der Waals surface area contributed by atoms with E-state index in [1.165, 1.54) is 0 Å². The van der Waals surface area contributed by atoms with Gasteiger partial charge in [-0.15, -0.1) is 0 Å². The first-order valence-corrected chi connectivity index (χ1v) is 7.14. The minimum absolute atomic E-state index is 0.0951. The van der Waals surface area contributed by atoms with E-state index in [9.17, 15) is 4.79 Å². The van der Waals surface area contributed by atoms with Gasteiger partial charge in [0.15, 0.2) is 0 Å². The van der Waals surface area contributed by atoms with E-state index in [2.05, 4.69) is 34.5 Å². The molecule has 5 nitrogen and oxygen atoms in total. The summed E-state index contributed by atoms with van der Waals surface area (Å²) in [6.07, 6.45) is 2.24. The molecule has 1 aliphatic heterocycles. The quantitative estimate of drug-likeness (QED) is 0.877. The Morgan fingerprint density at radius 2 is 2.10 bits per heavy atom. The van der Waals surface area contributed by atoms with Gasteiger partial charge in [-0.05, 0) is 50.5 Å². The molecule has 1 aliphatic rings. The van der Waals surface area contributed by atoms with Gasteiger partial charge in [0.2, 0.25) is 0 Å². The molecule has 1 aromatic heterocycles. The standard InChI is InChI=1S/C15H24N4O/c1-15(7-9-19(3)10-8-15)11-17-14(20)12-5-4-6-13(16-2)18-12/h4-6H,7-11H2,1-3H3,(H,16,18)(H,17,20). The maximum atomic E-state index is 12.2. The van der Waals surface area contributed by atoms with Gasteiger partial charge in [0.25, 0.3) is 5.91 Å². The predicted octanol–water partition coefficient (Wildman–Crippen LogP) is 1.58. The zero-order valence-corrected chi connectivity index (χ0v) is 12.6. The first-order valence-electron chi connectivity index (χ1n) is 7.14. The summed E-state index contributed by atoms with van der Waals surface area (Å²) in [6.45, 7) is 5.16. The minimum atomic E-state index is -0.0951. The number of aromatic nitrogens is 1. The third-order valence-corrected chi connectivity index (χ3v) is 4.11. The van der Waals surface area contributed by atoms with E-state index in [4.69, 9.17) is 0 Å². The molecule has 0 radical (unpaired) electrons. The lowest BCUT2D eigenvalue weighted by Crippen LogP contribution is -2.43. The monoisotopic (exact) mass is 276 g/mol. The van der Waals surface area contributed by atoms with Crippen molar-refractivity contribution in [3.8, 4) is 0 Å². The second-order valence-corrected chi connectivity index (χ2v) is 5.95. The summed E-state index contributed by atoms with van der Waals surface area (Å²) in [5.74, 6) is 0.616. The minimum Gasteiger partial charge on any atom is -0.373 e. The van der Waals surface area contributed by atoms with Gasteiger partial charge < -0.3 is 15.5 Å². The number of piperidine rings is 1. The van der Waals surface area contributed by atoms with E-state index in [1.54, 1.807) is 13.1 Å². The highest BCUT2D eigenvalue weighted by molar-refractivity contribution is 5.92. The van der Waals surface area contributed by atoms with Gasteiger partial charge >= 0.3 is 0 Å². The predicted molar refractivity (Wildman–Crippen MR) is 81.0 cm³/mol. The number of hydrogen-bond donors (Lipinski definition) is 2. The van der Waals surface area contributed by atoms with Crippen LogP contribution in [0.4, 0.5) is 5.82 Å². The normalized spacial score (nSPS) is 18.6. The summed E-state index contributed by atoms with van der Waals surface area (Å²) in [7, 11) is 3.94. The molecular weight excluding hydrogens is 252 g/mol. The van der Waals surface area contributed by atoms with Crippen LogP contribution in [-0.4, -0.2) is 49.5 Å². The van der Waals surface area contributed by atoms with E-state index >= 15 is 0 Å². The van der Waals surface area contributed by atoms with Gasteiger partial charge in [0.05, 0.1) is 0 Å². The van der Waals surface area contributed by atoms with Crippen LogP contribution in [0, 0.1) is 5.41 Å². The van der Waals surface area contributed by atoms with Crippen molar-refractivity contribution in [3.05, 3.63) is 23.9 Å². The van der Waals surface area contributed by atoms with Gasteiger partial charge in [0.1, 0.15) is 11.5 Å². The molecule has 1 aromatic rings. The van der Waals surface area contributed by atoms with Crippen LogP contribution in [-0.2, 0) is 0 Å². The zero-order chi connectivity index (χ0) is 14.6. The van der Waals surface area contributed by atoms with Crippen molar-refractivity contribution in [1.29, 1.82) is 0 Å². The van der Waals surface area contributed by atoms with Crippen LogP contribution >= 0.6 is 0 Å². The summed E-state index contributed by atoms with van der Waals surface area (Å²) in [5.41, 5.74) is 0.663. The van der Waals surface area contributed by atoms with Crippen molar-refractivity contribution in [3.63, 3.8) is 0 Å². The smallest absolute Gasteiger partial charge is 0.269 e. The lowest BCUT2D eigenvalue weighted by molar-refractivity contribution is 0.0887. The highest BCUT2D eigenvalue weighted by atomic mass is 16.1. The molecule has 20 heavy (non-hydrogen) atoms. The Morgan fingerprint density at radius 1 is 1.40 bits per heavy atom. The fourth-order valence-corrected chi connectivity index (χ4v) is 2.42. The number of hydrogen-bond acceptors (Lipinski definition) is 4. The Kier molecular flexibility index (Phi) is 4.60. The summed E-state index contributed by atoms with van der Waals surface area (Å²) in [6, 6.07) is 5.42. The third kappa shape index (κ3) is 3.70. The molecule has 0 atom stereocenters. The van der Waals surface area contributed by atoms with E-state index in [-0.39, 0.29) is 11.3 Å². The first-order chi connectivity index (χ1) is 9.52. The number of amides is 1. The summed E-state index contributed by atoms with van der Waals surface area (Å²) >= 11 is 0. The molecule has 0 spiro atoms. The number of carbonyl (C=O) groups excluding carboxylic acids is 1. The molecule has 2 rings (SSSR count). The average molecular weight is 276 g/mol. The van der Waals surface area contributed by atoms with Crippen LogP contribution < -0.4 is 10.6 Å². The molecule has 0 aliphatic carbocycles. The molecule has 0 bridgehead atoms. The summed E-state index contributed by atoms with van der Waals surface area (Å²) in [5, 5.41) is 5.97. The molecule has 1 amide bonds. The molecule has 5 heteroatoms. The van der Waals surface area contributed by atoms with Crippen LogP contribution in [0.15, 0.2) is 18.2 Å². The van der Waals surface area contributed by atoms with Gasteiger partial charge in [0, 0.05) is 13.6 Å². The maximum Gasteiger partial charge on any atom is 0.269 e. The van der Waals surface area contributed by atoms with Crippen LogP contribution in [0.25, 0.3) is 0 Å². The molecule has 1 fully saturated rings. The van der Waals surface area contributed by atoms with Crippen molar-refractivity contribution in [2.24, 2.45) is 5.41 Å². The van der Waals surface area contributed by atoms with E-state index < -0.39 is 0 Å². The van der Waals surface area contributed by atoms with Crippen molar-refractivity contribution < 1.29 is 4.79 Å². The largest absolute Gasteiger partial charge is 0.373 e. The van der Waals surface area contributed by atoms with Crippen molar-refractivity contribution in [2.75, 3.05) is 39.0 Å². The topological polar surface area (TPSA) is 57.3 Å². The van der Waals surface area contributed by atoms with Gasteiger partial charge in [-0.2, -0.15) is 0 Å². The number of carbonyl (C=O) groups is 1. The Balaban J connectivity index is 1.91. The van der Waals surface area contributed by atoms with Gasteiger partial charge in [-0.1, -0.05) is 13.0 Å². The van der Waals surface area contributed by atoms with Crippen LogP contribution in [0.5, 0.6) is 0 Å². The van der Waals surface area contributed by atoms with Crippen LogP contribution in [0.1, 0.15) is 30.3 Å². The number of likely N-dealkylation sites (tertiary alicyclic amines) is 1. The molecule has 2 heterocycles. The Morgan fingerprint density at radius 3 is 2.75 bits per heavy atom. The lowest BCUT2D eigenvalue weighted by Gasteiger charge is -2.37. The third-order valence-electron chi connectivity index (χ3n) is 4.11. The average Bonchev–Trinajstić information content (AvgIpc) is 2.48. The van der Waals surface area contributed by atoms with Crippen molar-refractivity contribution >= 4 is 11.7 Å². The first kappa shape index (κ1) is 14.8. The molecule has 110 valence electrons. The molecule has 0 saturated carbocycles. The highest BCUT2D eigenvalue weighted by Gasteiger charge is 2.29. The number of pyridine rings is 1. The molecule has 0 unspecified atom stereocenters. The number of rotatable bonds is 4. The van der Waals surface area contributed by atoms with Crippen molar-refractivity contribution in [2.45, 2.75) is 19.8 Å². The second-order valence-electron chi connectivity index (χ2n) is 5.95. The van der Waals surface area contributed by atoms with E-state index in [0.717, 1.165) is 25.9 Å². The molecular formula is C15H24N4O. The zero-order valence-electron chi connectivity index (χ0n) is 12.6. The van der Waals surface area contributed by atoms with Crippen molar-refractivity contribution in [1.82, 2.24) is 15.2 Å². The van der Waals surface area contributed by atoms with Crippen LogP contribution in [0.3, 0.4) is 0 Å². The SMILES string of the molecule is CNc1cccc(C(=O)NCC2(C)CCN(C)CC2)n1. The van der Waals surface area contributed by atoms with Gasteiger partial charge in [-0.3, -0.25) is 4.79 Å². The summed E-state index contributed by atoms with van der Waals surface area (Å²) < 4.78 is 0. The highest BCUT2D eigenvalue weighted by Crippen LogP contribution is 2.29. The fourth-order valence-electron chi connectivity index (χ4n) is 2.42. The Bertz CT molecular complexity index is 467. The Hall–Kier alpha value is -1.62. The molecule has 1 saturated heterocycles. The second kappa shape index (κ2) is 6.22. The van der Waals surface area contributed by atoms with Crippen LogP contribution in [0.2, 0.25) is 0 Å².